The number of hydrogen-bond donors (Lipinski definition) is 0. The molecule has 70 valence electrons. The summed E-state index contributed by atoms with van der Waals surface area (Å²) in [5, 5.41) is 0. The molecule has 0 aromatic heterocycles. The van der Waals surface area contributed by atoms with Crippen molar-refractivity contribution >= 4 is 0 Å². The average molecular weight is 176 g/mol. The fraction of sp³-hybridized carbons (Fsp3) is 0.500. The summed E-state index contributed by atoms with van der Waals surface area (Å²) < 4.78 is 5.82. The zero-order chi connectivity index (χ0) is 9.42. The van der Waals surface area contributed by atoms with Gasteiger partial charge in [0.1, 0.15) is 0 Å². The molecule has 0 fully saturated rings. The minimum Gasteiger partial charge on any atom is -0.370 e. The molecule has 1 aliphatic heterocycles. The SMILES string of the molecule is C[C@@H]1O[C@@H](C)[C@@H](C)c2ccccc21. The van der Waals surface area contributed by atoms with E-state index >= 15 is 0 Å². The van der Waals surface area contributed by atoms with Crippen LogP contribution in [0.3, 0.4) is 0 Å². The number of ether oxygens (including phenoxy) is 1. The van der Waals surface area contributed by atoms with E-state index in [2.05, 4.69) is 45.0 Å². The molecule has 1 heterocycles. The van der Waals surface area contributed by atoms with Crippen LogP contribution in [0.4, 0.5) is 0 Å². The highest BCUT2D eigenvalue weighted by molar-refractivity contribution is 5.34. The number of fused-ring (bicyclic) bond motifs is 1. The van der Waals surface area contributed by atoms with Crippen molar-refractivity contribution in [3.63, 3.8) is 0 Å². The van der Waals surface area contributed by atoms with Crippen LogP contribution in [0.2, 0.25) is 0 Å². The maximum atomic E-state index is 5.82. The van der Waals surface area contributed by atoms with E-state index < -0.39 is 0 Å². The maximum Gasteiger partial charge on any atom is 0.0803 e. The van der Waals surface area contributed by atoms with Gasteiger partial charge in [-0.1, -0.05) is 31.2 Å². The summed E-state index contributed by atoms with van der Waals surface area (Å²) in [6.07, 6.45) is 0.590. The summed E-state index contributed by atoms with van der Waals surface area (Å²) in [6, 6.07) is 8.58. The van der Waals surface area contributed by atoms with Crippen molar-refractivity contribution < 1.29 is 4.74 Å². The van der Waals surface area contributed by atoms with E-state index in [0.717, 1.165) is 0 Å². The van der Waals surface area contributed by atoms with E-state index in [-0.39, 0.29) is 6.10 Å². The molecule has 0 aliphatic carbocycles. The predicted octanol–water partition coefficient (Wildman–Crippen LogP) is 3.27. The van der Waals surface area contributed by atoms with Gasteiger partial charge in [0.25, 0.3) is 0 Å². The molecule has 2 rings (SSSR count). The van der Waals surface area contributed by atoms with Crippen LogP contribution in [0.25, 0.3) is 0 Å². The lowest BCUT2D eigenvalue weighted by atomic mass is 9.87. The van der Waals surface area contributed by atoms with Gasteiger partial charge in [-0.15, -0.1) is 0 Å². The Morgan fingerprint density at radius 1 is 1.00 bits per heavy atom. The van der Waals surface area contributed by atoms with Gasteiger partial charge in [0.05, 0.1) is 12.2 Å². The minimum atomic E-state index is 0.252. The first-order valence-corrected chi connectivity index (χ1v) is 4.94. The summed E-state index contributed by atoms with van der Waals surface area (Å²) >= 11 is 0. The molecule has 0 unspecified atom stereocenters. The number of benzene rings is 1. The van der Waals surface area contributed by atoms with Crippen LogP contribution in [-0.2, 0) is 4.74 Å². The molecule has 1 heteroatoms. The van der Waals surface area contributed by atoms with Gasteiger partial charge >= 0.3 is 0 Å². The summed E-state index contributed by atoms with van der Waals surface area (Å²) in [7, 11) is 0. The highest BCUT2D eigenvalue weighted by Crippen LogP contribution is 2.36. The summed E-state index contributed by atoms with van der Waals surface area (Å²) in [6.45, 7) is 6.51. The molecule has 0 saturated carbocycles. The van der Waals surface area contributed by atoms with Crippen molar-refractivity contribution in [2.45, 2.75) is 38.9 Å². The molecule has 0 amide bonds. The summed E-state index contributed by atoms with van der Waals surface area (Å²) in [4.78, 5) is 0. The zero-order valence-electron chi connectivity index (χ0n) is 8.45. The Morgan fingerprint density at radius 2 is 1.62 bits per heavy atom. The van der Waals surface area contributed by atoms with Crippen molar-refractivity contribution in [3.8, 4) is 0 Å². The lowest BCUT2D eigenvalue weighted by molar-refractivity contribution is -0.0189. The quantitative estimate of drug-likeness (QED) is 0.589. The largest absolute Gasteiger partial charge is 0.370 e. The van der Waals surface area contributed by atoms with Crippen LogP contribution in [0.5, 0.6) is 0 Å². The van der Waals surface area contributed by atoms with Gasteiger partial charge in [-0.3, -0.25) is 0 Å². The third kappa shape index (κ3) is 1.37. The second-order valence-corrected chi connectivity index (χ2v) is 3.90. The van der Waals surface area contributed by atoms with Crippen LogP contribution < -0.4 is 0 Å². The zero-order valence-corrected chi connectivity index (χ0v) is 8.45. The second kappa shape index (κ2) is 3.15. The summed E-state index contributed by atoms with van der Waals surface area (Å²) in [5.74, 6) is 0.521. The molecule has 0 bridgehead atoms. The van der Waals surface area contributed by atoms with E-state index in [1.165, 1.54) is 11.1 Å². The van der Waals surface area contributed by atoms with Crippen LogP contribution in [0.1, 0.15) is 43.9 Å². The molecule has 0 spiro atoms. The Kier molecular flexibility index (Phi) is 2.12. The van der Waals surface area contributed by atoms with Crippen molar-refractivity contribution in [2.24, 2.45) is 0 Å². The minimum absolute atomic E-state index is 0.252. The van der Waals surface area contributed by atoms with Gasteiger partial charge < -0.3 is 4.74 Å². The van der Waals surface area contributed by atoms with E-state index in [0.29, 0.717) is 12.0 Å². The Balaban J connectivity index is 2.47. The average Bonchev–Trinajstić information content (AvgIpc) is 2.15. The van der Waals surface area contributed by atoms with E-state index in [1.54, 1.807) is 0 Å². The molecule has 3 atom stereocenters. The fourth-order valence-corrected chi connectivity index (χ4v) is 2.06. The first kappa shape index (κ1) is 8.76. The molecular formula is C12H16O. The van der Waals surface area contributed by atoms with Crippen molar-refractivity contribution in [2.75, 3.05) is 0 Å². The number of rotatable bonds is 0. The highest BCUT2D eigenvalue weighted by Gasteiger charge is 2.27. The van der Waals surface area contributed by atoms with E-state index in [9.17, 15) is 0 Å². The molecule has 0 saturated heterocycles. The van der Waals surface area contributed by atoms with Crippen molar-refractivity contribution in [1.82, 2.24) is 0 Å². The Hall–Kier alpha value is -0.820. The first-order chi connectivity index (χ1) is 6.20. The maximum absolute atomic E-state index is 5.82. The fourth-order valence-electron chi connectivity index (χ4n) is 2.06. The van der Waals surface area contributed by atoms with Crippen LogP contribution in [-0.4, -0.2) is 6.10 Å². The van der Waals surface area contributed by atoms with Gasteiger partial charge in [-0.05, 0) is 25.0 Å². The topological polar surface area (TPSA) is 9.23 Å². The van der Waals surface area contributed by atoms with E-state index in [1.807, 2.05) is 0 Å². The smallest absolute Gasteiger partial charge is 0.0803 e. The highest BCUT2D eigenvalue weighted by atomic mass is 16.5. The lowest BCUT2D eigenvalue weighted by Gasteiger charge is -2.33. The molecule has 1 nitrogen and oxygen atoms in total. The van der Waals surface area contributed by atoms with E-state index in [4.69, 9.17) is 4.74 Å². The van der Waals surface area contributed by atoms with Gasteiger partial charge in [-0.2, -0.15) is 0 Å². The third-order valence-corrected chi connectivity index (χ3v) is 3.05. The second-order valence-electron chi connectivity index (χ2n) is 3.90. The summed E-state index contributed by atoms with van der Waals surface area (Å²) in [5.41, 5.74) is 2.81. The van der Waals surface area contributed by atoms with Gasteiger partial charge in [0.2, 0.25) is 0 Å². The number of hydrogen-bond acceptors (Lipinski definition) is 1. The molecule has 1 aliphatic rings. The molecule has 0 N–H and O–H groups in total. The Labute approximate surface area is 79.7 Å². The van der Waals surface area contributed by atoms with Gasteiger partial charge in [0, 0.05) is 5.92 Å². The van der Waals surface area contributed by atoms with Crippen LogP contribution in [0, 0.1) is 0 Å². The molecule has 1 aromatic rings. The molecule has 1 aromatic carbocycles. The molecule has 0 radical (unpaired) electrons. The lowest BCUT2D eigenvalue weighted by Crippen LogP contribution is -2.25. The van der Waals surface area contributed by atoms with Gasteiger partial charge in [0.15, 0.2) is 0 Å². The van der Waals surface area contributed by atoms with Crippen LogP contribution in [0.15, 0.2) is 24.3 Å². The Bertz CT molecular complexity index is 306. The van der Waals surface area contributed by atoms with Crippen molar-refractivity contribution in [1.29, 1.82) is 0 Å². The molecule has 13 heavy (non-hydrogen) atoms. The monoisotopic (exact) mass is 176 g/mol. The third-order valence-electron chi connectivity index (χ3n) is 3.05. The first-order valence-electron chi connectivity index (χ1n) is 4.94. The van der Waals surface area contributed by atoms with Gasteiger partial charge in [-0.25, -0.2) is 0 Å². The van der Waals surface area contributed by atoms with Crippen LogP contribution >= 0.6 is 0 Å². The molecular weight excluding hydrogens is 160 g/mol. The van der Waals surface area contributed by atoms with Crippen molar-refractivity contribution in [3.05, 3.63) is 35.4 Å². The normalized spacial score (nSPS) is 32.7. The Morgan fingerprint density at radius 3 is 2.31 bits per heavy atom. The predicted molar refractivity (Wildman–Crippen MR) is 53.8 cm³/mol. The standard InChI is InChI=1S/C12H16O/c1-8-9(2)13-10(3)12-7-5-4-6-11(8)12/h4-10H,1-3H3/t8-,9+,10+/m1/s1.